The molecule has 1 N–H and O–H groups in total. The molecule has 0 saturated carbocycles. The van der Waals surface area contributed by atoms with Crippen molar-refractivity contribution in [3.63, 3.8) is 0 Å². The van der Waals surface area contributed by atoms with Crippen molar-refractivity contribution in [2.75, 3.05) is 19.1 Å². The average Bonchev–Trinajstić information content (AvgIpc) is 3.44. The molecule has 176 valence electrons. The smallest absolute Gasteiger partial charge is 0.416 e. The van der Waals surface area contributed by atoms with Gasteiger partial charge in [-0.3, -0.25) is 14.5 Å². The Kier molecular flexibility index (Phi) is 5.82. The topological polar surface area (TPSA) is 89.2 Å². The Hall–Kier alpha value is -4.21. The van der Waals surface area contributed by atoms with E-state index in [0.717, 1.165) is 23.1 Å². The van der Waals surface area contributed by atoms with Crippen LogP contribution in [0.4, 0.5) is 18.9 Å². The van der Waals surface area contributed by atoms with E-state index in [0.29, 0.717) is 5.75 Å². The minimum absolute atomic E-state index is 0.0560. The lowest BCUT2D eigenvalue weighted by atomic mass is 9.98. The summed E-state index contributed by atoms with van der Waals surface area (Å²) in [6.45, 7) is 0. The van der Waals surface area contributed by atoms with Gasteiger partial charge in [0, 0.05) is 5.69 Å². The zero-order chi connectivity index (χ0) is 24.6. The third-order valence-electron chi connectivity index (χ3n) is 5.37. The summed E-state index contributed by atoms with van der Waals surface area (Å²) >= 11 is 0. The summed E-state index contributed by atoms with van der Waals surface area (Å²) in [5.74, 6) is -2.22. The fourth-order valence-electron chi connectivity index (χ4n) is 3.79. The molecule has 0 spiro atoms. The first kappa shape index (κ1) is 23.0. The number of nitrogens with zero attached hydrogens (tertiary/aromatic N) is 1. The van der Waals surface area contributed by atoms with Gasteiger partial charge in [-0.25, -0.2) is 0 Å². The monoisotopic (exact) mass is 473 g/mol. The third kappa shape index (κ3) is 3.87. The fourth-order valence-corrected chi connectivity index (χ4v) is 3.79. The summed E-state index contributed by atoms with van der Waals surface area (Å²) in [4.78, 5) is 27.0. The molecule has 1 aliphatic heterocycles. The number of ether oxygens (including phenoxy) is 2. The van der Waals surface area contributed by atoms with Crippen LogP contribution in [0.15, 0.2) is 70.9 Å². The van der Waals surface area contributed by atoms with E-state index < -0.39 is 35.2 Å². The number of amides is 1. The molecule has 0 bridgehead atoms. The van der Waals surface area contributed by atoms with Crippen LogP contribution < -0.4 is 14.4 Å². The number of furan rings is 1. The maximum atomic E-state index is 13.3. The molecule has 4 rings (SSSR count). The second-order valence-electron chi connectivity index (χ2n) is 7.30. The van der Waals surface area contributed by atoms with E-state index in [4.69, 9.17) is 13.9 Å². The highest BCUT2D eigenvalue weighted by Crippen LogP contribution is 2.44. The van der Waals surface area contributed by atoms with Crippen molar-refractivity contribution in [2.24, 2.45) is 0 Å². The molecule has 1 fully saturated rings. The zero-order valence-corrected chi connectivity index (χ0v) is 17.9. The molecule has 34 heavy (non-hydrogen) atoms. The molecule has 1 aliphatic rings. The van der Waals surface area contributed by atoms with Crippen LogP contribution in [0.3, 0.4) is 0 Å². The molecule has 1 saturated heterocycles. The normalized spacial score (nSPS) is 17.8. The minimum Gasteiger partial charge on any atom is -0.507 e. The molecule has 10 heteroatoms. The minimum atomic E-state index is -4.67. The van der Waals surface area contributed by atoms with Gasteiger partial charge in [-0.1, -0.05) is 6.07 Å². The van der Waals surface area contributed by atoms with Crippen LogP contribution >= 0.6 is 0 Å². The molecule has 0 aliphatic carbocycles. The number of carbonyl (C=O) groups is 2. The van der Waals surface area contributed by atoms with E-state index >= 15 is 0 Å². The van der Waals surface area contributed by atoms with Crippen LogP contribution in [0.5, 0.6) is 11.5 Å². The van der Waals surface area contributed by atoms with Crippen LogP contribution in [0.1, 0.15) is 22.9 Å². The lowest BCUT2D eigenvalue weighted by Gasteiger charge is -2.24. The van der Waals surface area contributed by atoms with Gasteiger partial charge in [-0.2, -0.15) is 13.2 Å². The van der Waals surface area contributed by atoms with E-state index in [-0.39, 0.29) is 28.3 Å². The molecular weight excluding hydrogens is 455 g/mol. The van der Waals surface area contributed by atoms with Gasteiger partial charge in [0.05, 0.1) is 37.2 Å². The van der Waals surface area contributed by atoms with Crippen molar-refractivity contribution >= 4 is 23.1 Å². The van der Waals surface area contributed by atoms with Gasteiger partial charge in [0.1, 0.15) is 29.1 Å². The highest BCUT2D eigenvalue weighted by Gasteiger charge is 2.49. The lowest BCUT2D eigenvalue weighted by molar-refractivity contribution is -0.137. The van der Waals surface area contributed by atoms with Crippen molar-refractivity contribution in [3.8, 4) is 11.5 Å². The maximum Gasteiger partial charge on any atom is 0.416 e. The maximum absolute atomic E-state index is 13.3. The van der Waals surface area contributed by atoms with E-state index in [1.807, 2.05) is 0 Å². The summed E-state index contributed by atoms with van der Waals surface area (Å²) in [5, 5.41) is 11.2. The summed E-state index contributed by atoms with van der Waals surface area (Å²) in [6, 6.07) is 10.1. The van der Waals surface area contributed by atoms with Crippen molar-refractivity contribution in [2.45, 2.75) is 12.2 Å². The number of hydrogen-bond donors (Lipinski definition) is 1. The first-order valence-corrected chi connectivity index (χ1v) is 9.91. The molecule has 1 amide bonds. The number of benzene rings is 2. The molecule has 7 nitrogen and oxygen atoms in total. The van der Waals surface area contributed by atoms with Crippen LogP contribution in [0.2, 0.25) is 0 Å². The van der Waals surface area contributed by atoms with Gasteiger partial charge < -0.3 is 19.0 Å². The first-order chi connectivity index (χ1) is 16.2. The van der Waals surface area contributed by atoms with E-state index in [9.17, 15) is 27.9 Å². The van der Waals surface area contributed by atoms with Gasteiger partial charge in [0.25, 0.3) is 11.7 Å². The van der Waals surface area contributed by atoms with Crippen LogP contribution in [-0.2, 0) is 15.8 Å². The van der Waals surface area contributed by atoms with Crippen LogP contribution in [-0.4, -0.2) is 31.0 Å². The Morgan fingerprint density at radius 3 is 2.41 bits per heavy atom. The molecule has 2 aromatic carbocycles. The third-order valence-corrected chi connectivity index (χ3v) is 5.37. The molecular formula is C24H18F3NO6. The number of halogens is 3. The van der Waals surface area contributed by atoms with Gasteiger partial charge in [0.15, 0.2) is 0 Å². The Labute approximate surface area is 191 Å². The zero-order valence-electron chi connectivity index (χ0n) is 17.9. The van der Waals surface area contributed by atoms with E-state index in [2.05, 4.69) is 0 Å². The summed E-state index contributed by atoms with van der Waals surface area (Å²) in [7, 11) is 2.75. The Morgan fingerprint density at radius 1 is 1.03 bits per heavy atom. The number of ketones is 1. The Bertz CT molecular complexity index is 1280. The highest BCUT2D eigenvalue weighted by molar-refractivity contribution is 6.51. The summed E-state index contributed by atoms with van der Waals surface area (Å²) in [5.41, 5.74) is -1.50. The lowest BCUT2D eigenvalue weighted by Crippen LogP contribution is -2.29. The van der Waals surface area contributed by atoms with Crippen molar-refractivity contribution in [1.82, 2.24) is 0 Å². The quantitative estimate of drug-likeness (QED) is 0.321. The van der Waals surface area contributed by atoms with E-state index in [1.165, 1.54) is 50.8 Å². The van der Waals surface area contributed by atoms with Gasteiger partial charge in [0.2, 0.25) is 0 Å². The Morgan fingerprint density at radius 2 is 1.79 bits per heavy atom. The molecule has 1 unspecified atom stereocenters. The first-order valence-electron chi connectivity index (χ1n) is 9.91. The number of methoxy groups -OCH3 is 2. The number of Topliss-reactive ketones (excluding diaryl/α,β-unsaturated/α-hetero) is 1. The average molecular weight is 473 g/mol. The molecule has 3 aromatic rings. The number of anilines is 1. The van der Waals surface area contributed by atoms with Crippen molar-refractivity contribution < 1.29 is 41.8 Å². The number of rotatable bonds is 5. The highest BCUT2D eigenvalue weighted by atomic mass is 19.4. The standard InChI is InChI=1S/C24H18F3NO6/c1-32-15-8-9-17(33-2)16(12-15)21(29)19-20(18-7-4-10-34-18)28(23(31)22(19)30)14-6-3-5-13(11-14)24(25,26)27/h3-12,20,29H,1-2H3/b21-19-. The summed E-state index contributed by atoms with van der Waals surface area (Å²) < 4.78 is 55.8. The molecule has 0 radical (unpaired) electrons. The number of aliphatic hydroxyl groups is 1. The van der Waals surface area contributed by atoms with Gasteiger partial charge in [-0.05, 0) is 48.5 Å². The Balaban J connectivity index is 1.95. The molecule has 2 heterocycles. The number of aliphatic hydroxyl groups excluding tert-OH is 1. The fraction of sp³-hybridized carbons (Fsp3) is 0.167. The van der Waals surface area contributed by atoms with Crippen molar-refractivity contribution in [3.05, 3.63) is 83.3 Å². The van der Waals surface area contributed by atoms with Crippen LogP contribution in [0.25, 0.3) is 5.76 Å². The van der Waals surface area contributed by atoms with Crippen molar-refractivity contribution in [1.29, 1.82) is 0 Å². The predicted octanol–water partition coefficient (Wildman–Crippen LogP) is 4.94. The second kappa shape index (κ2) is 8.62. The van der Waals surface area contributed by atoms with Gasteiger partial charge >= 0.3 is 6.18 Å². The largest absolute Gasteiger partial charge is 0.507 e. The van der Waals surface area contributed by atoms with Crippen LogP contribution in [0, 0.1) is 0 Å². The number of carbonyl (C=O) groups excluding carboxylic acids is 2. The van der Waals surface area contributed by atoms with E-state index in [1.54, 1.807) is 6.07 Å². The van der Waals surface area contributed by atoms with Gasteiger partial charge in [-0.15, -0.1) is 0 Å². The number of alkyl halides is 3. The molecule has 1 atom stereocenters. The predicted molar refractivity (Wildman–Crippen MR) is 114 cm³/mol. The number of hydrogen-bond acceptors (Lipinski definition) is 6. The molecule has 1 aromatic heterocycles. The summed E-state index contributed by atoms with van der Waals surface area (Å²) in [6.07, 6.45) is -3.38. The SMILES string of the molecule is COc1ccc(OC)c(/C(O)=C2/C(=O)C(=O)N(c3cccc(C(F)(F)F)c3)C2c2ccco2)c1. The second-order valence-corrected chi connectivity index (χ2v) is 7.30.